The van der Waals surface area contributed by atoms with Crippen LogP contribution in [0.2, 0.25) is 5.02 Å². The summed E-state index contributed by atoms with van der Waals surface area (Å²) < 4.78 is 0. The monoisotopic (exact) mass is 448 g/mol. The van der Waals surface area contributed by atoms with Gasteiger partial charge in [0.2, 0.25) is 0 Å². The van der Waals surface area contributed by atoms with Crippen LogP contribution < -0.4 is 10.6 Å². The Morgan fingerprint density at radius 3 is 2.53 bits per heavy atom. The van der Waals surface area contributed by atoms with E-state index in [-0.39, 0.29) is 11.4 Å². The third-order valence-electron chi connectivity index (χ3n) is 6.59. The summed E-state index contributed by atoms with van der Waals surface area (Å²) >= 11 is 6.21. The van der Waals surface area contributed by atoms with Crippen molar-refractivity contribution >= 4 is 29.0 Å². The van der Waals surface area contributed by atoms with Crippen LogP contribution in [0.1, 0.15) is 37.3 Å². The van der Waals surface area contributed by atoms with Gasteiger partial charge in [-0.05, 0) is 49.5 Å². The summed E-state index contributed by atoms with van der Waals surface area (Å²) in [5.74, 6) is 0.649. The number of carbonyl (C=O) groups excluding carboxylic acids is 1. The summed E-state index contributed by atoms with van der Waals surface area (Å²) in [6.07, 6.45) is 4.88. The van der Waals surface area contributed by atoms with E-state index in [1.807, 2.05) is 30.1 Å². The van der Waals surface area contributed by atoms with E-state index in [2.05, 4.69) is 54.5 Å². The Morgan fingerprint density at radius 2 is 1.84 bits per heavy atom. The molecule has 1 fully saturated rings. The standard InChI is InChI=1S/C26H29ClN4O/c1-4-19-17-26(21-10-6-5-9-20(21)24(19)29-18(2)28-3)13-15-31(16-14-26)25(32)30-23-12-8-7-11-22(23)27/h4-12,28H,2,13-17H2,1,3H3,(H,30,32)/b19-4-,29-24+. The second kappa shape index (κ2) is 9.21. The second-order valence-electron chi connectivity index (χ2n) is 8.37. The lowest BCUT2D eigenvalue weighted by Gasteiger charge is -2.46. The third-order valence-corrected chi connectivity index (χ3v) is 6.92. The van der Waals surface area contributed by atoms with Gasteiger partial charge < -0.3 is 15.5 Å². The molecule has 1 spiro atoms. The first-order valence-electron chi connectivity index (χ1n) is 11.0. The number of nitrogens with zero attached hydrogens (tertiary/aromatic N) is 2. The molecule has 166 valence electrons. The number of hydrogen-bond donors (Lipinski definition) is 2. The molecule has 6 heteroatoms. The van der Waals surface area contributed by atoms with Gasteiger partial charge in [0, 0.05) is 31.1 Å². The zero-order valence-corrected chi connectivity index (χ0v) is 19.4. The minimum atomic E-state index is -0.101. The van der Waals surface area contributed by atoms with Gasteiger partial charge in [0.15, 0.2) is 0 Å². The number of rotatable bonds is 3. The summed E-state index contributed by atoms with van der Waals surface area (Å²) in [7, 11) is 1.83. The third kappa shape index (κ3) is 4.17. The lowest BCUT2D eigenvalue weighted by molar-refractivity contribution is 0.167. The molecule has 1 heterocycles. The second-order valence-corrected chi connectivity index (χ2v) is 8.78. The van der Waals surface area contributed by atoms with Crippen molar-refractivity contribution in [1.82, 2.24) is 10.2 Å². The number of anilines is 1. The number of nitrogens with one attached hydrogen (secondary N) is 2. The van der Waals surface area contributed by atoms with Crippen LogP contribution in [-0.4, -0.2) is 36.8 Å². The molecule has 1 aliphatic carbocycles. The largest absolute Gasteiger partial charge is 0.374 e. The number of amides is 2. The van der Waals surface area contributed by atoms with Crippen LogP contribution in [0.4, 0.5) is 10.5 Å². The van der Waals surface area contributed by atoms with Crippen LogP contribution in [0, 0.1) is 0 Å². The molecule has 1 aliphatic heterocycles. The minimum absolute atomic E-state index is 0.000392. The van der Waals surface area contributed by atoms with E-state index in [1.54, 1.807) is 6.07 Å². The summed E-state index contributed by atoms with van der Waals surface area (Å²) in [5.41, 5.74) is 5.35. The number of urea groups is 1. The molecule has 0 unspecified atom stereocenters. The van der Waals surface area contributed by atoms with E-state index < -0.39 is 0 Å². The summed E-state index contributed by atoms with van der Waals surface area (Å²) in [5, 5.41) is 6.53. The molecule has 32 heavy (non-hydrogen) atoms. The number of benzene rings is 2. The number of fused-ring (bicyclic) bond motifs is 2. The van der Waals surface area contributed by atoms with E-state index in [4.69, 9.17) is 16.6 Å². The fourth-order valence-corrected chi connectivity index (χ4v) is 4.95. The summed E-state index contributed by atoms with van der Waals surface area (Å²) in [6, 6.07) is 15.8. The van der Waals surface area contributed by atoms with Gasteiger partial charge in [-0.3, -0.25) is 0 Å². The fraction of sp³-hybridized carbons (Fsp3) is 0.308. The molecule has 4 rings (SSSR count). The van der Waals surface area contributed by atoms with Gasteiger partial charge >= 0.3 is 6.03 Å². The Bertz CT molecular complexity index is 1100. The Balaban J connectivity index is 1.58. The molecule has 0 atom stereocenters. The highest BCUT2D eigenvalue weighted by atomic mass is 35.5. The maximum Gasteiger partial charge on any atom is 0.321 e. The summed E-state index contributed by atoms with van der Waals surface area (Å²) in [6.45, 7) is 7.45. The van der Waals surface area contributed by atoms with Crippen molar-refractivity contribution in [2.75, 3.05) is 25.5 Å². The van der Waals surface area contributed by atoms with Gasteiger partial charge in [-0.1, -0.05) is 60.7 Å². The van der Waals surface area contributed by atoms with Crippen molar-refractivity contribution in [3.05, 3.63) is 88.7 Å². The van der Waals surface area contributed by atoms with E-state index in [1.165, 1.54) is 11.1 Å². The first-order valence-corrected chi connectivity index (χ1v) is 11.4. The van der Waals surface area contributed by atoms with Crippen LogP contribution in [0.5, 0.6) is 0 Å². The molecule has 1 saturated heterocycles. The average Bonchev–Trinajstić information content (AvgIpc) is 2.82. The van der Waals surface area contributed by atoms with Gasteiger partial charge in [-0.2, -0.15) is 0 Å². The molecule has 2 amide bonds. The van der Waals surface area contributed by atoms with Gasteiger partial charge in [0.1, 0.15) is 5.82 Å². The van der Waals surface area contributed by atoms with Crippen molar-refractivity contribution < 1.29 is 4.79 Å². The molecular formula is C26H29ClN4O. The van der Waals surface area contributed by atoms with Crippen molar-refractivity contribution in [1.29, 1.82) is 0 Å². The van der Waals surface area contributed by atoms with Crippen molar-refractivity contribution in [3.63, 3.8) is 0 Å². The normalized spacial score (nSPS) is 19.7. The number of aliphatic imine (C=N–C) groups is 1. The van der Waals surface area contributed by atoms with Crippen molar-refractivity contribution in [3.8, 4) is 0 Å². The molecule has 0 bridgehead atoms. The number of halogens is 1. The van der Waals surface area contributed by atoms with Crippen LogP contribution >= 0.6 is 11.6 Å². The van der Waals surface area contributed by atoms with Crippen LogP contribution in [-0.2, 0) is 5.41 Å². The van der Waals surface area contributed by atoms with Gasteiger partial charge in [-0.25, -0.2) is 9.79 Å². The number of allylic oxidation sites excluding steroid dienone is 2. The number of hydrogen-bond acceptors (Lipinski definition) is 3. The topological polar surface area (TPSA) is 56.7 Å². The zero-order chi connectivity index (χ0) is 22.7. The first kappa shape index (κ1) is 22.2. The quantitative estimate of drug-likeness (QED) is 0.629. The molecule has 2 aromatic rings. The Hall–Kier alpha value is -3.05. The maximum absolute atomic E-state index is 12.9. The van der Waals surface area contributed by atoms with E-state index >= 15 is 0 Å². The smallest absolute Gasteiger partial charge is 0.321 e. The molecule has 5 nitrogen and oxygen atoms in total. The lowest BCUT2D eigenvalue weighted by atomic mass is 9.63. The lowest BCUT2D eigenvalue weighted by Crippen LogP contribution is -2.48. The van der Waals surface area contributed by atoms with Crippen LogP contribution in [0.25, 0.3) is 0 Å². The van der Waals surface area contributed by atoms with E-state index in [9.17, 15) is 4.79 Å². The highest BCUT2D eigenvalue weighted by molar-refractivity contribution is 6.33. The molecule has 2 aliphatic rings. The molecule has 0 radical (unpaired) electrons. The Morgan fingerprint density at radius 1 is 1.16 bits per heavy atom. The Kier molecular flexibility index (Phi) is 6.38. The predicted octanol–water partition coefficient (Wildman–Crippen LogP) is 5.74. The van der Waals surface area contributed by atoms with Crippen molar-refractivity contribution in [2.45, 2.75) is 31.6 Å². The number of carbonyl (C=O) groups is 1. The number of likely N-dealkylation sites (tertiary alicyclic amines) is 1. The Labute approximate surface area is 194 Å². The molecule has 0 aromatic heterocycles. The van der Waals surface area contributed by atoms with E-state index in [0.29, 0.717) is 29.6 Å². The maximum atomic E-state index is 12.9. The SMILES string of the molecule is C=C(/N=C1\C(=C/C)CC2(CCN(C(=O)Nc3ccccc3Cl)CC2)c2ccccc21)NC. The zero-order valence-electron chi connectivity index (χ0n) is 18.6. The first-order chi connectivity index (χ1) is 15.5. The molecule has 2 aromatic carbocycles. The van der Waals surface area contributed by atoms with Crippen molar-refractivity contribution in [2.24, 2.45) is 4.99 Å². The molecule has 0 saturated carbocycles. The highest BCUT2D eigenvalue weighted by Crippen LogP contribution is 2.47. The van der Waals surface area contributed by atoms with E-state index in [0.717, 1.165) is 30.5 Å². The number of piperidine rings is 1. The number of para-hydroxylation sites is 1. The van der Waals surface area contributed by atoms with Gasteiger partial charge in [0.25, 0.3) is 0 Å². The van der Waals surface area contributed by atoms with Crippen LogP contribution in [0.3, 0.4) is 0 Å². The predicted molar refractivity (Wildman–Crippen MR) is 133 cm³/mol. The summed E-state index contributed by atoms with van der Waals surface area (Å²) in [4.78, 5) is 19.5. The molecule has 2 N–H and O–H groups in total. The molecular weight excluding hydrogens is 420 g/mol. The van der Waals surface area contributed by atoms with Gasteiger partial charge in [-0.15, -0.1) is 0 Å². The highest BCUT2D eigenvalue weighted by Gasteiger charge is 2.43. The fourth-order valence-electron chi connectivity index (χ4n) is 4.77. The average molecular weight is 449 g/mol. The van der Waals surface area contributed by atoms with Gasteiger partial charge in [0.05, 0.1) is 16.4 Å². The van der Waals surface area contributed by atoms with Crippen LogP contribution in [0.15, 0.2) is 77.6 Å². The minimum Gasteiger partial charge on any atom is -0.374 e.